The zero-order valence-corrected chi connectivity index (χ0v) is 28.5. The summed E-state index contributed by atoms with van der Waals surface area (Å²) in [6, 6.07) is 62.3. The largest absolute Gasteiger partial charge is 0.456 e. The zero-order valence-electron chi connectivity index (χ0n) is 28.5. The van der Waals surface area contributed by atoms with Gasteiger partial charge in [-0.1, -0.05) is 115 Å². The van der Waals surface area contributed by atoms with Crippen LogP contribution in [0.2, 0.25) is 0 Å². The topological polar surface area (TPSA) is 23.0 Å². The summed E-state index contributed by atoms with van der Waals surface area (Å²) in [7, 11) is 0. The van der Waals surface area contributed by atoms with Crippen LogP contribution in [0.5, 0.6) is 0 Å². The van der Waals surface area contributed by atoms with Crippen LogP contribution in [0.4, 0.5) is 0 Å². The summed E-state index contributed by atoms with van der Waals surface area (Å²) in [4.78, 5) is 0. The summed E-state index contributed by atoms with van der Waals surface area (Å²) in [6.07, 6.45) is 0. The molecule has 0 saturated heterocycles. The number of hydrogen-bond acceptors (Lipinski definition) is 1. The van der Waals surface area contributed by atoms with Gasteiger partial charge in [-0.05, 0) is 98.4 Å². The normalized spacial score (nSPS) is 12.5. The van der Waals surface area contributed by atoms with E-state index < -0.39 is 0 Å². The monoisotopic (exact) mass is 672 g/mol. The van der Waals surface area contributed by atoms with Gasteiger partial charge in [0.15, 0.2) is 0 Å². The molecule has 0 amide bonds. The van der Waals surface area contributed by atoms with E-state index in [4.69, 9.17) is 4.42 Å². The lowest BCUT2D eigenvalue weighted by Crippen LogP contribution is -1.96. The van der Waals surface area contributed by atoms with Crippen LogP contribution in [0.1, 0.15) is 0 Å². The van der Waals surface area contributed by atoms with Crippen molar-refractivity contribution in [3.63, 3.8) is 0 Å². The molecule has 13 rings (SSSR count). The Morgan fingerprint density at radius 1 is 0.321 bits per heavy atom. The summed E-state index contributed by atoms with van der Waals surface area (Å²) >= 11 is 0. The van der Waals surface area contributed by atoms with Crippen LogP contribution < -0.4 is 0 Å². The van der Waals surface area contributed by atoms with Crippen molar-refractivity contribution in [2.24, 2.45) is 0 Å². The molecule has 12 aromatic rings. The predicted molar refractivity (Wildman–Crippen MR) is 222 cm³/mol. The van der Waals surface area contributed by atoms with Gasteiger partial charge in [0.1, 0.15) is 11.2 Å². The highest BCUT2D eigenvalue weighted by Crippen LogP contribution is 2.50. The summed E-state index contributed by atoms with van der Waals surface area (Å²) in [6.45, 7) is 0. The second-order valence-electron chi connectivity index (χ2n) is 14.4. The van der Waals surface area contributed by atoms with Crippen molar-refractivity contribution in [1.29, 1.82) is 0 Å². The van der Waals surface area contributed by atoms with E-state index in [9.17, 15) is 0 Å². The maximum absolute atomic E-state index is 6.49. The second kappa shape index (κ2) is 9.81. The minimum atomic E-state index is 0.910. The molecule has 0 spiro atoms. The van der Waals surface area contributed by atoms with Crippen molar-refractivity contribution < 1.29 is 4.42 Å². The molecular formula is C50H28N2O. The minimum absolute atomic E-state index is 0.910. The van der Waals surface area contributed by atoms with E-state index in [2.05, 4.69) is 179 Å². The van der Waals surface area contributed by atoms with Gasteiger partial charge < -0.3 is 13.6 Å². The van der Waals surface area contributed by atoms with Gasteiger partial charge in [-0.15, -0.1) is 0 Å². The van der Waals surface area contributed by atoms with Crippen LogP contribution in [-0.2, 0) is 0 Å². The summed E-state index contributed by atoms with van der Waals surface area (Å²) in [5.41, 5.74) is 14.1. The Hall–Kier alpha value is -7.10. The van der Waals surface area contributed by atoms with Crippen molar-refractivity contribution in [3.05, 3.63) is 170 Å². The van der Waals surface area contributed by atoms with E-state index in [1.807, 2.05) is 0 Å². The van der Waals surface area contributed by atoms with Crippen LogP contribution in [0.3, 0.4) is 0 Å². The van der Waals surface area contributed by atoms with Crippen LogP contribution in [0.25, 0.3) is 121 Å². The molecule has 0 radical (unpaired) electrons. The first-order valence-electron chi connectivity index (χ1n) is 18.3. The van der Waals surface area contributed by atoms with Gasteiger partial charge in [0.25, 0.3) is 0 Å². The van der Waals surface area contributed by atoms with Crippen LogP contribution >= 0.6 is 0 Å². The lowest BCUT2D eigenvalue weighted by Gasteiger charge is -2.12. The van der Waals surface area contributed by atoms with Crippen molar-refractivity contribution in [1.82, 2.24) is 9.13 Å². The molecule has 9 aromatic carbocycles. The zero-order chi connectivity index (χ0) is 34.4. The summed E-state index contributed by atoms with van der Waals surface area (Å²) in [5, 5.41) is 12.3. The number of furan rings is 1. The van der Waals surface area contributed by atoms with Crippen LogP contribution in [0, 0.1) is 0 Å². The number of hydrogen-bond donors (Lipinski definition) is 0. The summed E-state index contributed by atoms with van der Waals surface area (Å²) < 4.78 is 11.5. The third-order valence-electron chi connectivity index (χ3n) is 11.8. The van der Waals surface area contributed by atoms with Gasteiger partial charge >= 0.3 is 0 Å². The van der Waals surface area contributed by atoms with Gasteiger partial charge in [-0.3, -0.25) is 0 Å². The highest BCUT2D eigenvalue weighted by molar-refractivity contribution is 6.33. The van der Waals surface area contributed by atoms with E-state index in [1.54, 1.807) is 0 Å². The smallest absolute Gasteiger partial charge is 0.136 e. The molecule has 0 N–H and O–H groups in total. The van der Waals surface area contributed by atoms with Gasteiger partial charge in [0.05, 0.1) is 22.1 Å². The third kappa shape index (κ3) is 3.49. The number of para-hydroxylation sites is 2. The van der Waals surface area contributed by atoms with E-state index in [-0.39, 0.29) is 0 Å². The molecule has 1 aliphatic carbocycles. The van der Waals surface area contributed by atoms with E-state index in [0.717, 1.165) is 33.3 Å². The average Bonchev–Trinajstić information content (AvgIpc) is 3.95. The molecule has 0 aliphatic heterocycles. The van der Waals surface area contributed by atoms with Crippen LogP contribution in [-0.4, -0.2) is 9.13 Å². The van der Waals surface area contributed by atoms with Crippen molar-refractivity contribution in [3.8, 4) is 33.6 Å². The first-order chi connectivity index (χ1) is 26.3. The van der Waals surface area contributed by atoms with Crippen molar-refractivity contribution >= 4 is 87.1 Å². The summed E-state index contributed by atoms with van der Waals surface area (Å²) in [5.74, 6) is 0. The molecule has 3 nitrogen and oxygen atoms in total. The number of aromatic nitrogens is 2. The lowest BCUT2D eigenvalue weighted by molar-refractivity contribution is 0.669. The molecule has 3 heteroatoms. The molecule has 3 heterocycles. The first-order valence-corrected chi connectivity index (χ1v) is 18.3. The van der Waals surface area contributed by atoms with E-state index in [0.29, 0.717) is 0 Å². The number of nitrogens with zero attached hydrogens (tertiary/aromatic N) is 2. The Bertz CT molecular complexity index is 3570. The fourth-order valence-corrected chi connectivity index (χ4v) is 9.64. The Balaban J connectivity index is 1.21. The van der Waals surface area contributed by atoms with Crippen molar-refractivity contribution in [2.75, 3.05) is 0 Å². The molecule has 1 aliphatic rings. The standard InChI is InChI=1S/C50H28N2O/c1-2-10-31-27-32(20-19-29(31)9-1)51-41-17-5-3-13-37(41)48-43(51)24-23-39-47-42(25-26-45-49(47)38-14-4-6-18-44(38)53-45)52(50(39)48)33-21-22-34-35-15-7-11-30-12-8-16-36(46(30)35)40(34)28-33/h1-28H. The number of rotatable bonds is 2. The number of benzene rings is 9. The molecule has 0 saturated carbocycles. The van der Waals surface area contributed by atoms with Crippen LogP contribution in [0.15, 0.2) is 174 Å². The average molecular weight is 673 g/mol. The fourth-order valence-electron chi connectivity index (χ4n) is 9.64. The van der Waals surface area contributed by atoms with Crippen molar-refractivity contribution in [2.45, 2.75) is 0 Å². The second-order valence-corrected chi connectivity index (χ2v) is 14.4. The molecule has 0 bridgehead atoms. The van der Waals surface area contributed by atoms with Gasteiger partial charge in [0.2, 0.25) is 0 Å². The van der Waals surface area contributed by atoms with Gasteiger partial charge in [0, 0.05) is 43.7 Å². The quantitative estimate of drug-likeness (QED) is 0.179. The highest BCUT2D eigenvalue weighted by atomic mass is 16.3. The van der Waals surface area contributed by atoms with Gasteiger partial charge in [-0.25, -0.2) is 0 Å². The van der Waals surface area contributed by atoms with E-state index in [1.165, 1.54) is 87.4 Å². The highest BCUT2D eigenvalue weighted by Gasteiger charge is 2.26. The molecule has 0 unspecified atom stereocenters. The lowest BCUT2D eigenvalue weighted by atomic mass is 10.0. The predicted octanol–water partition coefficient (Wildman–Crippen LogP) is 13.7. The Labute approximate surface area is 303 Å². The molecule has 244 valence electrons. The Morgan fingerprint density at radius 3 is 1.92 bits per heavy atom. The fraction of sp³-hybridized carbons (Fsp3) is 0. The molecule has 53 heavy (non-hydrogen) atoms. The minimum Gasteiger partial charge on any atom is -0.456 e. The molecule has 3 aromatic heterocycles. The van der Waals surface area contributed by atoms with Gasteiger partial charge in [-0.2, -0.15) is 0 Å². The molecule has 0 atom stereocenters. The third-order valence-corrected chi connectivity index (χ3v) is 11.8. The molecule has 0 fully saturated rings. The van der Waals surface area contributed by atoms with E-state index >= 15 is 0 Å². The Kier molecular flexibility index (Phi) is 5.11. The maximum atomic E-state index is 6.49. The number of fused-ring (bicyclic) bond motifs is 15. The first kappa shape index (κ1) is 27.6. The molecular weight excluding hydrogens is 645 g/mol. The Morgan fingerprint density at radius 2 is 1.02 bits per heavy atom. The maximum Gasteiger partial charge on any atom is 0.136 e. The SMILES string of the molecule is c1ccc2cc(-n3c4ccccc4c4c3ccc3c5c6c(ccc5n(-c5ccc7c(c5)-c5cccc8cccc-7c58)c34)oc3ccccc36)ccc2c1.